The zero-order chi connectivity index (χ0) is 23.2. The Morgan fingerprint density at radius 3 is 2.56 bits per heavy atom. The van der Waals surface area contributed by atoms with Gasteiger partial charge in [0.1, 0.15) is 18.5 Å². The van der Waals surface area contributed by atoms with Crippen LogP contribution in [0.25, 0.3) is 0 Å². The largest absolute Gasteiger partial charge is 0.491 e. The Balaban J connectivity index is 1.18. The van der Waals surface area contributed by atoms with E-state index in [4.69, 9.17) is 25.8 Å². The minimum Gasteiger partial charge on any atom is -0.491 e. The molecule has 0 amide bonds. The predicted octanol–water partition coefficient (Wildman–Crippen LogP) is 5.35. The summed E-state index contributed by atoms with van der Waals surface area (Å²) >= 11 is 6.04. The van der Waals surface area contributed by atoms with Crippen LogP contribution >= 0.6 is 11.6 Å². The molecule has 1 aromatic heterocycles. The zero-order valence-electron chi connectivity index (χ0n) is 19.4. The Bertz CT molecular complexity index is 1020. The second-order valence-electron chi connectivity index (χ2n) is 9.18. The second-order valence-corrected chi connectivity index (χ2v) is 9.61. The molecule has 0 bridgehead atoms. The maximum Gasteiger partial charge on any atom is 0.187 e. The molecule has 0 N–H and O–H groups in total. The van der Waals surface area contributed by atoms with Crippen LogP contribution in [-0.4, -0.2) is 47.7 Å². The van der Waals surface area contributed by atoms with Gasteiger partial charge in [-0.3, -0.25) is 0 Å². The number of hydrogen-bond donors (Lipinski definition) is 0. The van der Waals surface area contributed by atoms with E-state index in [9.17, 15) is 0 Å². The number of ether oxygens (including phenoxy) is 3. The molecule has 0 radical (unpaired) electrons. The van der Waals surface area contributed by atoms with Gasteiger partial charge in [0, 0.05) is 42.6 Å². The van der Waals surface area contributed by atoms with E-state index in [1.807, 2.05) is 22.9 Å². The van der Waals surface area contributed by atoms with E-state index in [0.29, 0.717) is 19.8 Å². The van der Waals surface area contributed by atoms with Crippen molar-refractivity contribution >= 4 is 17.3 Å². The van der Waals surface area contributed by atoms with Crippen molar-refractivity contribution in [2.45, 2.75) is 50.5 Å². The summed E-state index contributed by atoms with van der Waals surface area (Å²) in [6.45, 7) is 3.82. The van der Waals surface area contributed by atoms with Gasteiger partial charge in [-0.15, -0.1) is 0 Å². The van der Waals surface area contributed by atoms with Gasteiger partial charge in [0.05, 0.1) is 19.5 Å². The standard InChI is InChI=1S/C27H32ClN3O3/c28-23-6-4-22(5-7-23)12-13-27(20-30-17-14-29-21-30)33-19-26(34-27)18-32-25-10-8-24(9-11-25)31-15-2-1-3-16-31/h4-11,14,17,21,26H,1-3,12-13,15-16,18-20H2. The summed E-state index contributed by atoms with van der Waals surface area (Å²) in [5.74, 6) is 0.143. The summed E-state index contributed by atoms with van der Waals surface area (Å²) in [6.07, 6.45) is 10.8. The Morgan fingerprint density at radius 1 is 1.03 bits per heavy atom. The van der Waals surface area contributed by atoms with E-state index in [0.717, 1.165) is 36.7 Å². The molecule has 2 aliphatic heterocycles. The molecule has 3 aromatic rings. The first-order valence-electron chi connectivity index (χ1n) is 12.2. The number of imidazole rings is 1. The number of aryl methyl sites for hydroxylation is 1. The molecule has 34 heavy (non-hydrogen) atoms. The topological polar surface area (TPSA) is 48.8 Å². The smallest absolute Gasteiger partial charge is 0.187 e. The molecule has 2 unspecified atom stereocenters. The maximum absolute atomic E-state index is 6.48. The lowest BCUT2D eigenvalue weighted by atomic mass is 10.0. The molecule has 2 aliphatic rings. The van der Waals surface area contributed by atoms with Gasteiger partial charge in [0.2, 0.25) is 0 Å². The fraction of sp³-hybridized carbons (Fsp3) is 0.444. The summed E-state index contributed by atoms with van der Waals surface area (Å²) < 4.78 is 20.8. The highest BCUT2D eigenvalue weighted by molar-refractivity contribution is 6.30. The van der Waals surface area contributed by atoms with E-state index in [1.54, 1.807) is 12.5 Å². The third-order valence-electron chi connectivity index (χ3n) is 6.60. The lowest BCUT2D eigenvalue weighted by Crippen LogP contribution is -2.37. The third-order valence-corrected chi connectivity index (χ3v) is 6.85. The molecule has 5 rings (SSSR count). The summed E-state index contributed by atoms with van der Waals surface area (Å²) in [7, 11) is 0. The summed E-state index contributed by atoms with van der Waals surface area (Å²) in [5, 5.41) is 0.742. The number of piperidine rings is 1. The highest BCUT2D eigenvalue weighted by Gasteiger charge is 2.42. The summed E-state index contributed by atoms with van der Waals surface area (Å²) in [5.41, 5.74) is 2.48. The van der Waals surface area contributed by atoms with Gasteiger partial charge in [-0.2, -0.15) is 0 Å². The SMILES string of the molecule is Clc1ccc(CCC2(Cn3ccnc3)OCC(COc3ccc(N4CCCCC4)cc3)O2)cc1. The summed E-state index contributed by atoms with van der Waals surface area (Å²) in [4.78, 5) is 6.62. The lowest BCUT2D eigenvalue weighted by Gasteiger charge is -2.29. The first-order chi connectivity index (χ1) is 16.7. The number of anilines is 1. The predicted molar refractivity (Wildman–Crippen MR) is 134 cm³/mol. The van der Waals surface area contributed by atoms with Crippen molar-refractivity contribution in [3.8, 4) is 5.75 Å². The third kappa shape index (κ3) is 5.93. The highest BCUT2D eigenvalue weighted by Crippen LogP contribution is 2.32. The highest BCUT2D eigenvalue weighted by atomic mass is 35.5. The molecule has 3 heterocycles. The average molecular weight is 482 g/mol. The van der Waals surface area contributed by atoms with Crippen molar-refractivity contribution in [2.24, 2.45) is 0 Å². The molecule has 180 valence electrons. The lowest BCUT2D eigenvalue weighted by molar-refractivity contribution is -0.184. The fourth-order valence-electron chi connectivity index (χ4n) is 4.73. The van der Waals surface area contributed by atoms with Crippen LogP contribution in [0, 0.1) is 0 Å². The van der Waals surface area contributed by atoms with Gasteiger partial charge in [-0.05, 0) is 67.6 Å². The Kier molecular flexibility index (Phi) is 7.38. The molecule has 0 saturated carbocycles. The van der Waals surface area contributed by atoms with E-state index in [2.05, 4.69) is 46.3 Å². The van der Waals surface area contributed by atoms with Crippen LogP contribution in [0.5, 0.6) is 5.75 Å². The van der Waals surface area contributed by atoms with Crippen LogP contribution in [-0.2, 0) is 22.4 Å². The van der Waals surface area contributed by atoms with E-state index in [-0.39, 0.29) is 6.10 Å². The minimum absolute atomic E-state index is 0.129. The number of hydrogen-bond acceptors (Lipinski definition) is 5. The molecule has 2 aromatic carbocycles. The molecule has 2 saturated heterocycles. The Morgan fingerprint density at radius 2 is 1.82 bits per heavy atom. The zero-order valence-corrected chi connectivity index (χ0v) is 20.2. The van der Waals surface area contributed by atoms with Gasteiger partial charge < -0.3 is 23.7 Å². The van der Waals surface area contributed by atoms with Gasteiger partial charge in [0.15, 0.2) is 5.79 Å². The minimum atomic E-state index is -0.716. The molecule has 6 nitrogen and oxygen atoms in total. The van der Waals surface area contributed by atoms with E-state index < -0.39 is 5.79 Å². The van der Waals surface area contributed by atoms with Crippen molar-refractivity contribution in [1.82, 2.24) is 9.55 Å². The normalized spacial score (nSPS) is 22.7. The van der Waals surface area contributed by atoms with Gasteiger partial charge in [0.25, 0.3) is 0 Å². The molecule has 0 spiro atoms. The van der Waals surface area contributed by atoms with Crippen molar-refractivity contribution in [3.63, 3.8) is 0 Å². The van der Waals surface area contributed by atoms with Crippen LogP contribution in [0.15, 0.2) is 67.3 Å². The Labute approximate surface area is 206 Å². The quantitative estimate of drug-likeness (QED) is 0.412. The summed E-state index contributed by atoms with van der Waals surface area (Å²) in [6, 6.07) is 16.4. The van der Waals surface area contributed by atoms with E-state index >= 15 is 0 Å². The second kappa shape index (κ2) is 10.8. The van der Waals surface area contributed by atoms with Crippen LogP contribution in [0.4, 0.5) is 5.69 Å². The van der Waals surface area contributed by atoms with Crippen molar-refractivity contribution < 1.29 is 14.2 Å². The average Bonchev–Trinajstić information content (AvgIpc) is 3.54. The monoisotopic (exact) mass is 481 g/mol. The number of benzene rings is 2. The van der Waals surface area contributed by atoms with Crippen LogP contribution in [0.1, 0.15) is 31.2 Å². The molecular formula is C27H32ClN3O3. The van der Waals surface area contributed by atoms with Gasteiger partial charge >= 0.3 is 0 Å². The molecular weight excluding hydrogens is 450 g/mol. The molecule has 2 atom stereocenters. The molecule has 0 aliphatic carbocycles. The number of aromatic nitrogens is 2. The fourth-order valence-corrected chi connectivity index (χ4v) is 4.86. The first kappa shape index (κ1) is 23.2. The van der Waals surface area contributed by atoms with Gasteiger partial charge in [-0.25, -0.2) is 4.98 Å². The van der Waals surface area contributed by atoms with Crippen molar-refractivity contribution in [2.75, 3.05) is 31.2 Å². The Hall–Kier alpha value is -2.54. The molecule has 2 fully saturated rings. The van der Waals surface area contributed by atoms with Crippen molar-refractivity contribution in [1.29, 1.82) is 0 Å². The van der Waals surface area contributed by atoms with Crippen LogP contribution in [0.2, 0.25) is 5.02 Å². The number of nitrogens with zero attached hydrogens (tertiary/aromatic N) is 3. The number of rotatable bonds is 9. The van der Waals surface area contributed by atoms with Crippen molar-refractivity contribution in [3.05, 3.63) is 77.8 Å². The van der Waals surface area contributed by atoms with Crippen LogP contribution in [0.3, 0.4) is 0 Å². The van der Waals surface area contributed by atoms with Crippen LogP contribution < -0.4 is 9.64 Å². The molecule has 7 heteroatoms. The maximum atomic E-state index is 6.48. The first-order valence-corrected chi connectivity index (χ1v) is 12.6. The van der Waals surface area contributed by atoms with Gasteiger partial charge in [-0.1, -0.05) is 23.7 Å². The van der Waals surface area contributed by atoms with E-state index in [1.165, 1.54) is 30.5 Å². The number of halogens is 1.